The summed E-state index contributed by atoms with van der Waals surface area (Å²) in [6.45, 7) is 11.6. The molecule has 274 valence electrons. The van der Waals surface area contributed by atoms with Crippen LogP contribution in [0.3, 0.4) is 0 Å². The first-order chi connectivity index (χ1) is 22.8. The van der Waals surface area contributed by atoms with Crippen LogP contribution in [0.25, 0.3) is 0 Å². The second-order valence-electron chi connectivity index (χ2n) is 14.3. The maximum absolute atomic E-state index is 5.64. The van der Waals surface area contributed by atoms with Gasteiger partial charge >= 0.3 is 0 Å². The number of nitrogens with two attached hydrogens (primary N) is 1. The van der Waals surface area contributed by atoms with Crippen LogP contribution in [0, 0.1) is 0 Å². The summed E-state index contributed by atoms with van der Waals surface area (Å²) in [7, 11) is 0. The standard InChI is InChI=1S/C43H87N3/c1-3-5-7-9-11-13-15-17-19-21-23-25-27-29-31-35-41-46(43-37-40-45-39-34-33-38-44)42-36-32-30-28-26-24-22-20-18-16-14-12-10-8-6-4-2/h17-20,45H,3-16,21-44H2,1-2H3/b19-17-,20-18-. The van der Waals surface area contributed by atoms with E-state index in [4.69, 9.17) is 5.73 Å². The fraction of sp³-hybridized carbons (Fsp3) is 0.907. The van der Waals surface area contributed by atoms with E-state index in [9.17, 15) is 0 Å². The van der Waals surface area contributed by atoms with Gasteiger partial charge in [-0.25, -0.2) is 0 Å². The second kappa shape index (κ2) is 42.4. The fourth-order valence-electron chi connectivity index (χ4n) is 6.45. The van der Waals surface area contributed by atoms with Crippen molar-refractivity contribution in [2.24, 2.45) is 5.73 Å². The fourth-order valence-corrected chi connectivity index (χ4v) is 6.45. The van der Waals surface area contributed by atoms with Crippen molar-refractivity contribution in [3.63, 3.8) is 0 Å². The Morgan fingerprint density at radius 3 is 1.09 bits per heavy atom. The van der Waals surface area contributed by atoms with E-state index in [-0.39, 0.29) is 0 Å². The summed E-state index contributed by atoms with van der Waals surface area (Å²) in [6.07, 6.45) is 52.4. The highest BCUT2D eigenvalue weighted by Gasteiger charge is 2.05. The zero-order valence-electron chi connectivity index (χ0n) is 32.0. The van der Waals surface area contributed by atoms with Crippen molar-refractivity contribution in [3.8, 4) is 0 Å². The van der Waals surface area contributed by atoms with E-state index in [2.05, 4.69) is 48.4 Å². The Morgan fingerprint density at radius 1 is 0.370 bits per heavy atom. The van der Waals surface area contributed by atoms with Crippen LogP contribution in [0.4, 0.5) is 0 Å². The van der Waals surface area contributed by atoms with E-state index in [1.807, 2.05) is 0 Å². The van der Waals surface area contributed by atoms with Crippen molar-refractivity contribution in [1.29, 1.82) is 0 Å². The van der Waals surface area contributed by atoms with Gasteiger partial charge in [0.1, 0.15) is 0 Å². The van der Waals surface area contributed by atoms with E-state index in [0.29, 0.717) is 0 Å². The summed E-state index contributed by atoms with van der Waals surface area (Å²) < 4.78 is 0. The number of allylic oxidation sites excluding steroid dienone is 4. The summed E-state index contributed by atoms with van der Waals surface area (Å²) in [5.74, 6) is 0. The van der Waals surface area contributed by atoms with Gasteiger partial charge in [-0.2, -0.15) is 0 Å². The monoisotopic (exact) mass is 646 g/mol. The Bertz CT molecular complexity index is 545. The highest BCUT2D eigenvalue weighted by atomic mass is 15.1. The number of nitrogens with one attached hydrogen (secondary N) is 1. The lowest BCUT2D eigenvalue weighted by atomic mass is 10.1. The normalized spacial score (nSPS) is 12.1. The predicted octanol–water partition coefficient (Wildman–Crippen LogP) is 13.1. The van der Waals surface area contributed by atoms with Gasteiger partial charge in [0.15, 0.2) is 0 Å². The number of unbranched alkanes of at least 4 members (excludes halogenated alkanes) is 25. The molecule has 46 heavy (non-hydrogen) atoms. The van der Waals surface area contributed by atoms with E-state index < -0.39 is 0 Å². The SMILES string of the molecule is CCCCCCCC/C=C\CCCCCCCCN(CCCCCCCC/C=C\CCCCCCCC)CCCNCCCCN. The van der Waals surface area contributed by atoms with Crippen molar-refractivity contribution >= 4 is 0 Å². The molecule has 0 aliphatic heterocycles. The molecule has 0 fully saturated rings. The summed E-state index contributed by atoms with van der Waals surface area (Å²) >= 11 is 0. The number of rotatable bonds is 40. The first kappa shape index (κ1) is 45.4. The molecule has 0 aliphatic carbocycles. The maximum Gasteiger partial charge on any atom is -0.000664 e. The van der Waals surface area contributed by atoms with Gasteiger partial charge in [0.2, 0.25) is 0 Å². The Balaban J connectivity index is 3.85. The van der Waals surface area contributed by atoms with Crippen LogP contribution in [0.2, 0.25) is 0 Å². The van der Waals surface area contributed by atoms with Crippen molar-refractivity contribution in [2.45, 2.75) is 213 Å². The number of nitrogens with zero attached hydrogens (tertiary/aromatic N) is 1. The van der Waals surface area contributed by atoms with Gasteiger partial charge < -0.3 is 16.0 Å². The molecule has 3 nitrogen and oxygen atoms in total. The van der Waals surface area contributed by atoms with Crippen molar-refractivity contribution < 1.29 is 0 Å². The predicted molar refractivity (Wildman–Crippen MR) is 211 cm³/mol. The molecule has 0 bridgehead atoms. The van der Waals surface area contributed by atoms with Gasteiger partial charge in [0, 0.05) is 0 Å². The van der Waals surface area contributed by atoms with Crippen LogP contribution in [-0.2, 0) is 0 Å². The molecule has 0 saturated carbocycles. The van der Waals surface area contributed by atoms with Crippen LogP contribution in [0.15, 0.2) is 24.3 Å². The molecule has 3 heteroatoms. The van der Waals surface area contributed by atoms with Crippen LogP contribution >= 0.6 is 0 Å². The minimum Gasteiger partial charge on any atom is -0.330 e. The van der Waals surface area contributed by atoms with Gasteiger partial charge in [-0.3, -0.25) is 0 Å². The zero-order valence-corrected chi connectivity index (χ0v) is 32.0. The topological polar surface area (TPSA) is 41.3 Å². The molecule has 0 atom stereocenters. The highest BCUT2D eigenvalue weighted by molar-refractivity contribution is 4.82. The summed E-state index contributed by atoms with van der Waals surface area (Å²) in [4.78, 5) is 2.78. The molecular weight excluding hydrogens is 558 g/mol. The molecule has 3 N–H and O–H groups in total. The molecule has 0 amide bonds. The molecule has 0 radical (unpaired) electrons. The lowest BCUT2D eigenvalue weighted by Crippen LogP contribution is -2.30. The third-order valence-electron chi connectivity index (χ3n) is 9.61. The summed E-state index contributed by atoms with van der Waals surface area (Å²) in [6, 6.07) is 0. The van der Waals surface area contributed by atoms with E-state index in [0.717, 1.165) is 26.1 Å². The van der Waals surface area contributed by atoms with Crippen LogP contribution in [0.1, 0.15) is 213 Å². The van der Waals surface area contributed by atoms with Gasteiger partial charge in [-0.05, 0) is 123 Å². The molecule has 0 heterocycles. The minimum absolute atomic E-state index is 0.822. The Kier molecular flexibility index (Phi) is 41.8. The highest BCUT2D eigenvalue weighted by Crippen LogP contribution is 2.13. The first-order valence-corrected chi connectivity index (χ1v) is 21.3. The van der Waals surface area contributed by atoms with E-state index in [1.54, 1.807) is 0 Å². The Hall–Kier alpha value is -0.640. The van der Waals surface area contributed by atoms with Crippen LogP contribution in [0.5, 0.6) is 0 Å². The molecule has 0 saturated heterocycles. The quantitative estimate of drug-likeness (QED) is 0.0514. The lowest BCUT2D eigenvalue weighted by molar-refractivity contribution is 0.256. The molecule has 0 unspecified atom stereocenters. The molecule has 0 aromatic carbocycles. The first-order valence-electron chi connectivity index (χ1n) is 21.3. The van der Waals surface area contributed by atoms with Crippen molar-refractivity contribution in [3.05, 3.63) is 24.3 Å². The van der Waals surface area contributed by atoms with Gasteiger partial charge in [-0.15, -0.1) is 0 Å². The molecule has 0 aliphatic rings. The summed E-state index contributed by atoms with van der Waals surface area (Å²) in [5, 5.41) is 3.63. The van der Waals surface area contributed by atoms with Gasteiger partial charge in [-0.1, -0.05) is 154 Å². The van der Waals surface area contributed by atoms with Gasteiger partial charge in [0.25, 0.3) is 0 Å². The van der Waals surface area contributed by atoms with Gasteiger partial charge in [0.05, 0.1) is 0 Å². The molecular formula is C43H87N3. The molecule has 0 spiro atoms. The van der Waals surface area contributed by atoms with E-state index >= 15 is 0 Å². The second-order valence-corrected chi connectivity index (χ2v) is 14.3. The largest absolute Gasteiger partial charge is 0.330 e. The molecule has 0 aromatic rings. The average Bonchev–Trinajstić information content (AvgIpc) is 3.07. The zero-order chi connectivity index (χ0) is 33.3. The number of hydrogen-bond acceptors (Lipinski definition) is 3. The summed E-state index contributed by atoms with van der Waals surface area (Å²) in [5.41, 5.74) is 5.64. The molecule has 0 aromatic heterocycles. The van der Waals surface area contributed by atoms with Crippen molar-refractivity contribution in [1.82, 2.24) is 10.2 Å². The Morgan fingerprint density at radius 2 is 0.696 bits per heavy atom. The minimum atomic E-state index is 0.822. The third-order valence-corrected chi connectivity index (χ3v) is 9.61. The molecule has 0 rings (SSSR count). The lowest BCUT2D eigenvalue weighted by Gasteiger charge is -2.22. The van der Waals surface area contributed by atoms with Crippen molar-refractivity contribution in [2.75, 3.05) is 39.3 Å². The Labute approximate surface area is 291 Å². The van der Waals surface area contributed by atoms with Crippen LogP contribution < -0.4 is 11.1 Å². The number of hydrogen-bond donors (Lipinski definition) is 2. The maximum atomic E-state index is 5.64. The average molecular weight is 646 g/mol. The third kappa shape index (κ3) is 39.5. The smallest absolute Gasteiger partial charge is 0.000664 e. The van der Waals surface area contributed by atoms with Crippen LogP contribution in [-0.4, -0.2) is 44.2 Å². The van der Waals surface area contributed by atoms with E-state index in [1.165, 1.54) is 212 Å².